The highest BCUT2D eigenvalue weighted by Gasteiger charge is 2.24. The summed E-state index contributed by atoms with van der Waals surface area (Å²) in [4.78, 5) is 31.2. The Morgan fingerprint density at radius 2 is 1.50 bits per heavy atom. The SMILES string of the molecule is CCOCCCNC(=O)c1cc(NC(=O)c2ccc3ccccc3c2)ccc1N1CCN(c2ccccc2OC)CC1. The minimum atomic E-state index is -0.220. The smallest absolute Gasteiger partial charge is 0.255 e. The Balaban J connectivity index is 1.34. The molecule has 8 heteroatoms. The first-order valence-electron chi connectivity index (χ1n) is 14.5. The van der Waals surface area contributed by atoms with Gasteiger partial charge in [0.25, 0.3) is 11.8 Å². The molecule has 1 aliphatic rings. The number of amides is 2. The molecule has 1 fully saturated rings. The number of nitrogens with zero attached hydrogens (tertiary/aromatic N) is 2. The molecule has 218 valence electrons. The molecular formula is C34H38N4O4. The van der Waals surface area contributed by atoms with Crippen molar-refractivity contribution >= 4 is 39.6 Å². The summed E-state index contributed by atoms with van der Waals surface area (Å²) >= 11 is 0. The Labute approximate surface area is 247 Å². The van der Waals surface area contributed by atoms with Crippen molar-refractivity contribution in [3.8, 4) is 5.75 Å². The van der Waals surface area contributed by atoms with Crippen LogP contribution in [-0.2, 0) is 4.74 Å². The lowest BCUT2D eigenvalue weighted by Gasteiger charge is -2.38. The topological polar surface area (TPSA) is 83.1 Å². The number of hydrogen-bond acceptors (Lipinski definition) is 6. The van der Waals surface area contributed by atoms with Gasteiger partial charge in [0.2, 0.25) is 0 Å². The quantitative estimate of drug-likeness (QED) is 0.231. The number of anilines is 3. The summed E-state index contributed by atoms with van der Waals surface area (Å²) in [5.74, 6) is 0.460. The Hall–Kier alpha value is -4.56. The van der Waals surface area contributed by atoms with Gasteiger partial charge < -0.3 is 29.9 Å². The van der Waals surface area contributed by atoms with Crippen LogP contribution >= 0.6 is 0 Å². The lowest BCUT2D eigenvalue weighted by molar-refractivity contribution is 0.0943. The van der Waals surface area contributed by atoms with Gasteiger partial charge in [-0.15, -0.1) is 0 Å². The minimum Gasteiger partial charge on any atom is -0.495 e. The molecule has 8 nitrogen and oxygen atoms in total. The highest BCUT2D eigenvalue weighted by Crippen LogP contribution is 2.31. The number of carbonyl (C=O) groups is 2. The fourth-order valence-corrected chi connectivity index (χ4v) is 5.30. The number of nitrogens with one attached hydrogen (secondary N) is 2. The standard InChI is InChI=1S/C34H38N4O4/c1-3-42-22-8-17-35-34(40)29-24-28(36-33(39)27-14-13-25-9-4-5-10-26(25)23-27)15-16-30(29)37-18-20-38(21-19-37)31-11-6-7-12-32(31)41-2/h4-7,9-16,23-24H,3,8,17-22H2,1-2H3,(H,35,40)(H,36,39). The molecular weight excluding hydrogens is 528 g/mol. The second kappa shape index (κ2) is 13.9. The van der Waals surface area contributed by atoms with Crippen molar-refractivity contribution in [2.24, 2.45) is 0 Å². The van der Waals surface area contributed by atoms with Gasteiger partial charge in [0.05, 0.1) is 18.4 Å². The number of benzene rings is 4. The van der Waals surface area contributed by atoms with Crippen molar-refractivity contribution in [1.29, 1.82) is 0 Å². The lowest BCUT2D eigenvalue weighted by atomic mass is 10.1. The van der Waals surface area contributed by atoms with E-state index in [0.29, 0.717) is 36.6 Å². The third-order valence-electron chi connectivity index (χ3n) is 7.51. The Morgan fingerprint density at radius 1 is 0.786 bits per heavy atom. The second-order valence-electron chi connectivity index (χ2n) is 10.2. The molecule has 0 radical (unpaired) electrons. The largest absolute Gasteiger partial charge is 0.495 e. The zero-order chi connectivity index (χ0) is 29.3. The molecule has 0 saturated carbocycles. The summed E-state index contributed by atoms with van der Waals surface area (Å²) in [7, 11) is 1.69. The molecule has 0 unspecified atom stereocenters. The summed E-state index contributed by atoms with van der Waals surface area (Å²) in [5, 5.41) is 8.10. The van der Waals surface area contributed by atoms with Gasteiger partial charge in [0.1, 0.15) is 5.75 Å². The number of rotatable bonds is 11. The Kier molecular flexibility index (Phi) is 9.56. The van der Waals surface area contributed by atoms with Gasteiger partial charge in [0.15, 0.2) is 0 Å². The molecule has 0 aromatic heterocycles. The maximum atomic E-state index is 13.4. The molecule has 1 saturated heterocycles. The van der Waals surface area contributed by atoms with Crippen molar-refractivity contribution in [1.82, 2.24) is 5.32 Å². The third-order valence-corrected chi connectivity index (χ3v) is 7.51. The maximum Gasteiger partial charge on any atom is 0.255 e. The van der Waals surface area contributed by atoms with Crippen LogP contribution in [0, 0.1) is 0 Å². The third kappa shape index (κ3) is 6.83. The number of carbonyl (C=O) groups excluding carboxylic acids is 2. The number of fused-ring (bicyclic) bond motifs is 1. The molecule has 2 amide bonds. The number of ether oxygens (including phenoxy) is 2. The van der Waals surface area contributed by atoms with Crippen molar-refractivity contribution in [2.75, 3.05) is 68.2 Å². The van der Waals surface area contributed by atoms with Crippen LogP contribution in [0.4, 0.5) is 17.1 Å². The van der Waals surface area contributed by atoms with E-state index in [1.54, 1.807) is 13.2 Å². The molecule has 2 N–H and O–H groups in total. The van der Waals surface area contributed by atoms with Crippen LogP contribution < -0.4 is 25.2 Å². The average Bonchev–Trinajstić information content (AvgIpc) is 3.04. The minimum absolute atomic E-state index is 0.171. The fraction of sp³-hybridized carbons (Fsp3) is 0.294. The fourth-order valence-electron chi connectivity index (χ4n) is 5.30. The van der Waals surface area contributed by atoms with Gasteiger partial charge in [-0.3, -0.25) is 9.59 Å². The number of para-hydroxylation sites is 2. The van der Waals surface area contributed by atoms with Gasteiger partial charge in [0, 0.05) is 62.9 Å². The van der Waals surface area contributed by atoms with Crippen LogP contribution in [0.5, 0.6) is 5.75 Å². The number of piperazine rings is 1. The lowest BCUT2D eigenvalue weighted by Crippen LogP contribution is -2.47. The molecule has 0 spiro atoms. The van der Waals surface area contributed by atoms with Crippen molar-refractivity contribution < 1.29 is 19.1 Å². The van der Waals surface area contributed by atoms with E-state index in [9.17, 15) is 9.59 Å². The summed E-state index contributed by atoms with van der Waals surface area (Å²) in [6.45, 7) is 6.77. The van der Waals surface area contributed by atoms with Crippen molar-refractivity contribution in [2.45, 2.75) is 13.3 Å². The van der Waals surface area contributed by atoms with E-state index < -0.39 is 0 Å². The first-order chi connectivity index (χ1) is 20.6. The Morgan fingerprint density at radius 3 is 2.26 bits per heavy atom. The van der Waals surface area contributed by atoms with E-state index in [1.165, 1.54) is 0 Å². The van der Waals surface area contributed by atoms with Crippen molar-refractivity contribution in [3.05, 3.63) is 96.1 Å². The first-order valence-corrected chi connectivity index (χ1v) is 14.5. The van der Waals surface area contributed by atoms with Gasteiger partial charge in [-0.05, 0) is 66.6 Å². The van der Waals surface area contributed by atoms with E-state index >= 15 is 0 Å². The van der Waals surface area contributed by atoms with Crippen LogP contribution in [-0.4, -0.2) is 64.9 Å². The monoisotopic (exact) mass is 566 g/mol. The highest BCUT2D eigenvalue weighted by atomic mass is 16.5. The second-order valence-corrected chi connectivity index (χ2v) is 10.2. The van der Waals surface area contributed by atoms with Gasteiger partial charge in [-0.2, -0.15) is 0 Å². The van der Waals surface area contributed by atoms with Crippen LogP contribution in [0.25, 0.3) is 10.8 Å². The van der Waals surface area contributed by atoms with Crippen LogP contribution in [0.1, 0.15) is 34.1 Å². The maximum absolute atomic E-state index is 13.4. The zero-order valence-corrected chi connectivity index (χ0v) is 24.3. The van der Waals surface area contributed by atoms with E-state index in [-0.39, 0.29) is 11.8 Å². The number of methoxy groups -OCH3 is 1. The van der Waals surface area contributed by atoms with Crippen molar-refractivity contribution in [3.63, 3.8) is 0 Å². The van der Waals surface area contributed by atoms with Crippen LogP contribution in [0.15, 0.2) is 84.9 Å². The Bertz CT molecular complexity index is 1530. The van der Waals surface area contributed by atoms with Crippen LogP contribution in [0.3, 0.4) is 0 Å². The summed E-state index contributed by atoms with van der Waals surface area (Å²) < 4.78 is 11.0. The predicted molar refractivity (Wildman–Crippen MR) is 169 cm³/mol. The van der Waals surface area contributed by atoms with Gasteiger partial charge in [-0.25, -0.2) is 0 Å². The first kappa shape index (κ1) is 29.0. The summed E-state index contributed by atoms with van der Waals surface area (Å²) in [6.07, 6.45) is 0.727. The molecule has 42 heavy (non-hydrogen) atoms. The predicted octanol–water partition coefficient (Wildman–Crippen LogP) is 5.58. The average molecular weight is 567 g/mol. The molecule has 1 heterocycles. The molecule has 0 bridgehead atoms. The molecule has 0 atom stereocenters. The number of hydrogen-bond donors (Lipinski definition) is 2. The summed E-state index contributed by atoms with van der Waals surface area (Å²) in [6, 6.07) is 27.2. The van der Waals surface area contributed by atoms with Gasteiger partial charge >= 0.3 is 0 Å². The summed E-state index contributed by atoms with van der Waals surface area (Å²) in [5.41, 5.74) is 3.59. The van der Waals surface area contributed by atoms with Gasteiger partial charge in [-0.1, -0.05) is 42.5 Å². The van der Waals surface area contributed by atoms with E-state index in [1.807, 2.05) is 79.7 Å². The zero-order valence-electron chi connectivity index (χ0n) is 24.3. The van der Waals surface area contributed by atoms with E-state index in [4.69, 9.17) is 9.47 Å². The molecule has 0 aliphatic carbocycles. The molecule has 1 aliphatic heterocycles. The molecule has 4 aromatic carbocycles. The van der Waals surface area contributed by atoms with Crippen LogP contribution in [0.2, 0.25) is 0 Å². The molecule has 5 rings (SSSR count). The highest BCUT2D eigenvalue weighted by molar-refractivity contribution is 6.08. The molecule has 4 aromatic rings. The normalized spacial score (nSPS) is 13.2. The van der Waals surface area contributed by atoms with E-state index in [2.05, 4.69) is 26.5 Å². The van der Waals surface area contributed by atoms with E-state index in [0.717, 1.165) is 60.5 Å².